The summed E-state index contributed by atoms with van der Waals surface area (Å²) in [6.45, 7) is 4.36. The molecule has 4 N–H and O–H groups in total. The average Bonchev–Trinajstić information content (AvgIpc) is 2.19. The van der Waals surface area contributed by atoms with Crippen molar-refractivity contribution in [3.8, 4) is 0 Å². The number of primary amides is 1. The lowest BCUT2D eigenvalue weighted by molar-refractivity contribution is 0.0997. The maximum absolute atomic E-state index is 11.2. The minimum Gasteiger partial charge on any atom is -0.399 e. The number of anilines is 1. The number of carbonyl (C=O) groups is 1. The van der Waals surface area contributed by atoms with E-state index in [0.29, 0.717) is 17.2 Å². The number of amides is 1. The lowest BCUT2D eigenvalue weighted by Gasteiger charge is -2.08. The van der Waals surface area contributed by atoms with Crippen molar-refractivity contribution >= 4 is 23.4 Å². The lowest BCUT2D eigenvalue weighted by Crippen LogP contribution is -2.12. The first kappa shape index (κ1) is 12.9. The molecular formula is C12H18N2OS. The zero-order valence-corrected chi connectivity index (χ0v) is 10.5. The number of benzene rings is 1. The Kier molecular flexibility index (Phi) is 4.68. The van der Waals surface area contributed by atoms with Crippen molar-refractivity contribution in [3.63, 3.8) is 0 Å². The van der Waals surface area contributed by atoms with E-state index in [0.717, 1.165) is 17.1 Å². The second kappa shape index (κ2) is 5.80. The van der Waals surface area contributed by atoms with Crippen LogP contribution in [0.1, 0.15) is 30.6 Å². The first-order chi connectivity index (χ1) is 7.50. The fourth-order valence-corrected chi connectivity index (χ4v) is 2.56. The highest BCUT2D eigenvalue weighted by molar-refractivity contribution is 7.99. The van der Waals surface area contributed by atoms with Crippen LogP contribution in [0.25, 0.3) is 0 Å². The van der Waals surface area contributed by atoms with E-state index in [1.54, 1.807) is 23.9 Å². The second-order valence-electron chi connectivity index (χ2n) is 4.15. The third-order valence-electron chi connectivity index (χ3n) is 2.22. The molecule has 0 saturated carbocycles. The van der Waals surface area contributed by atoms with Crippen molar-refractivity contribution in [2.75, 3.05) is 11.5 Å². The van der Waals surface area contributed by atoms with Crippen molar-refractivity contribution in [1.82, 2.24) is 0 Å². The summed E-state index contributed by atoms with van der Waals surface area (Å²) < 4.78 is 0. The summed E-state index contributed by atoms with van der Waals surface area (Å²) in [7, 11) is 0. The third-order valence-corrected chi connectivity index (χ3v) is 3.33. The Morgan fingerprint density at radius 1 is 1.44 bits per heavy atom. The van der Waals surface area contributed by atoms with E-state index < -0.39 is 5.91 Å². The lowest BCUT2D eigenvalue weighted by atomic mass is 10.2. The summed E-state index contributed by atoms with van der Waals surface area (Å²) in [5.41, 5.74) is 12.0. The molecule has 1 rings (SSSR count). The predicted molar refractivity (Wildman–Crippen MR) is 69.6 cm³/mol. The Balaban J connectivity index is 2.75. The second-order valence-corrected chi connectivity index (χ2v) is 5.29. The van der Waals surface area contributed by atoms with Crippen molar-refractivity contribution < 1.29 is 4.79 Å². The van der Waals surface area contributed by atoms with Crippen LogP contribution in [0.2, 0.25) is 0 Å². The van der Waals surface area contributed by atoms with Crippen molar-refractivity contribution in [2.24, 2.45) is 11.7 Å². The van der Waals surface area contributed by atoms with Crippen LogP contribution in [0.15, 0.2) is 23.1 Å². The molecule has 3 nitrogen and oxygen atoms in total. The molecule has 1 aromatic rings. The molecule has 16 heavy (non-hydrogen) atoms. The number of nitrogens with two attached hydrogens (primary N) is 2. The molecule has 1 aromatic carbocycles. The van der Waals surface area contributed by atoms with Crippen LogP contribution in [-0.4, -0.2) is 11.7 Å². The molecule has 0 spiro atoms. The van der Waals surface area contributed by atoms with E-state index in [4.69, 9.17) is 11.5 Å². The van der Waals surface area contributed by atoms with Gasteiger partial charge in [-0.1, -0.05) is 13.8 Å². The number of carbonyl (C=O) groups excluding carboxylic acids is 1. The molecule has 0 aliphatic carbocycles. The zero-order valence-electron chi connectivity index (χ0n) is 9.69. The van der Waals surface area contributed by atoms with Gasteiger partial charge in [0.1, 0.15) is 0 Å². The summed E-state index contributed by atoms with van der Waals surface area (Å²) in [5.74, 6) is 1.24. The molecule has 88 valence electrons. The summed E-state index contributed by atoms with van der Waals surface area (Å²) in [5, 5.41) is 0. The first-order valence-electron chi connectivity index (χ1n) is 5.33. The fraction of sp³-hybridized carbons (Fsp3) is 0.417. The smallest absolute Gasteiger partial charge is 0.249 e. The summed E-state index contributed by atoms with van der Waals surface area (Å²) in [6.07, 6.45) is 1.12. The highest BCUT2D eigenvalue weighted by Gasteiger charge is 2.09. The van der Waals surface area contributed by atoms with Gasteiger partial charge in [-0.2, -0.15) is 0 Å². The predicted octanol–water partition coefficient (Wildman–Crippen LogP) is 2.51. The molecule has 0 aliphatic heterocycles. The Morgan fingerprint density at radius 2 is 2.12 bits per heavy atom. The third kappa shape index (κ3) is 3.77. The number of nitrogen functional groups attached to an aromatic ring is 1. The van der Waals surface area contributed by atoms with Crippen LogP contribution in [0.5, 0.6) is 0 Å². The fourth-order valence-electron chi connectivity index (χ4n) is 1.27. The Hall–Kier alpha value is -1.16. The van der Waals surface area contributed by atoms with Crippen LogP contribution in [0.4, 0.5) is 5.69 Å². The average molecular weight is 238 g/mol. The Labute approximate surface area is 101 Å². The van der Waals surface area contributed by atoms with Gasteiger partial charge in [-0.3, -0.25) is 4.79 Å². The molecule has 0 heterocycles. The van der Waals surface area contributed by atoms with Gasteiger partial charge in [0.2, 0.25) is 5.91 Å². The molecule has 0 atom stereocenters. The molecule has 0 unspecified atom stereocenters. The molecule has 4 heteroatoms. The highest BCUT2D eigenvalue weighted by atomic mass is 32.2. The van der Waals surface area contributed by atoms with Gasteiger partial charge >= 0.3 is 0 Å². The van der Waals surface area contributed by atoms with Gasteiger partial charge in [-0.05, 0) is 36.3 Å². The van der Waals surface area contributed by atoms with E-state index in [1.807, 2.05) is 6.07 Å². The van der Waals surface area contributed by atoms with Gasteiger partial charge in [0.15, 0.2) is 0 Å². The van der Waals surface area contributed by atoms with Crippen LogP contribution >= 0.6 is 11.8 Å². The molecule has 0 bridgehead atoms. The number of hydrogen-bond donors (Lipinski definition) is 2. The van der Waals surface area contributed by atoms with Crippen molar-refractivity contribution in [3.05, 3.63) is 23.8 Å². The molecule has 1 amide bonds. The quantitative estimate of drug-likeness (QED) is 0.611. The van der Waals surface area contributed by atoms with Gasteiger partial charge in [-0.25, -0.2) is 0 Å². The number of thioether (sulfide) groups is 1. The summed E-state index contributed by atoms with van der Waals surface area (Å²) >= 11 is 1.66. The topological polar surface area (TPSA) is 69.1 Å². The molecular weight excluding hydrogens is 220 g/mol. The Morgan fingerprint density at radius 3 is 2.69 bits per heavy atom. The van der Waals surface area contributed by atoms with Gasteiger partial charge in [0.05, 0.1) is 5.56 Å². The molecule has 0 aliphatic rings. The van der Waals surface area contributed by atoms with Crippen LogP contribution in [-0.2, 0) is 0 Å². The molecule has 0 saturated heterocycles. The molecule has 0 aromatic heterocycles. The van der Waals surface area contributed by atoms with Gasteiger partial charge in [0.25, 0.3) is 0 Å². The molecule has 0 fully saturated rings. The van der Waals surface area contributed by atoms with Crippen molar-refractivity contribution in [2.45, 2.75) is 25.2 Å². The Bertz CT molecular complexity index is 377. The van der Waals surface area contributed by atoms with Crippen molar-refractivity contribution in [1.29, 1.82) is 0 Å². The normalized spacial score (nSPS) is 10.7. The van der Waals surface area contributed by atoms with Crippen LogP contribution in [0.3, 0.4) is 0 Å². The molecule has 0 radical (unpaired) electrons. The van der Waals surface area contributed by atoms with Gasteiger partial charge in [0, 0.05) is 10.6 Å². The summed E-state index contributed by atoms with van der Waals surface area (Å²) in [4.78, 5) is 12.1. The zero-order chi connectivity index (χ0) is 12.1. The maximum atomic E-state index is 11.2. The van der Waals surface area contributed by atoms with Crippen LogP contribution in [0, 0.1) is 5.92 Å². The van der Waals surface area contributed by atoms with E-state index in [1.165, 1.54) is 0 Å². The number of hydrogen-bond acceptors (Lipinski definition) is 3. The van der Waals surface area contributed by atoms with E-state index >= 15 is 0 Å². The SMILES string of the molecule is CC(C)CCSc1ccc(N)cc1C(N)=O. The minimum atomic E-state index is -0.417. The standard InChI is InChI=1S/C12H18N2OS/c1-8(2)5-6-16-11-4-3-9(13)7-10(11)12(14)15/h3-4,7-8H,5-6,13H2,1-2H3,(H2,14,15). The van der Waals surface area contributed by atoms with Crippen LogP contribution < -0.4 is 11.5 Å². The summed E-state index contributed by atoms with van der Waals surface area (Å²) in [6, 6.07) is 5.30. The largest absolute Gasteiger partial charge is 0.399 e. The van der Waals surface area contributed by atoms with E-state index in [-0.39, 0.29) is 0 Å². The first-order valence-corrected chi connectivity index (χ1v) is 6.31. The van der Waals surface area contributed by atoms with Gasteiger partial charge < -0.3 is 11.5 Å². The minimum absolute atomic E-state index is 0.417. The van der Waals surface area contributed by atoms with E-state index in [9.17, 15) is 4.79 Å². The van der Waals surface area contributed by atoms with E-state index in [2.05, 4.69) is 13.8 Å². The number of rotatable bonds is 5. The highest BCUT2D eigenvalue weighted by Crippen LogP contribution is 2.26. The monoisotopic (exact) mass is 238 g/mol. The van der Waals surface area contributed by atoms with Gasteiger partial charge in [-0.15, -0.1) is 11.8 Å². The maximum Gasteiger partial charge on any atom is 0.249 e.